The largest absolute Gasteiger partial charge is 0.376 e. The Morgan fingerprint density at radius 2 is 1.76 bits per heavy atom. The Morgan fingerprint density at radius 3 is 2.46 bits per heavy atom. The first-order valence-electron chi connectivity index (χ1n) is 12.9. The number of hydrogen-bond donors (Lipinski definition) is 0. The van der Waals surface area contributed by atoms with Crippen molar-refractivity contribution >= 4 is 32.9 Å². The molecule has 4 heterocycles. The number of nitrogens with zero attached hydrogens (tertiary/aromatic N) is 4. The number of amides is 1. The lowest BCUT2D eigenvalue weighted by molar-refractivity contribution is 0.0212. The molecule has 0 radical (unpaired) electrons. The van der Waals surface area contributed by atoms with E-state index in [2.05, 4.69) is 9.47 Å². The summed E-state index contributed by atoms with van der Waals surface area (Å²) >= 11 is 0. The Kier molecular flexibility index (Phi) is 7.24. The summed E-state index contributed by atoms with van der Waals surface area (Å²) in [5.41, 5.74) is 3.69. The number of pyridine rings is 1. The Balaban J connectivity index is 1.15. The third kappa shape index (κ3) is 5.10. The standard InChI is InChI=1S/C27H34N4O5S/c1-4-30-16-13-23-25(27(30)32)22-9-10-24(28-26(22)29(23)3)31-14-11-20(12-15-31)35-17-18-36-37(33,34)21-7-5-19(2)6-8-21/h5-10,20H,4,11-18H2,1-3H3. The maximum absolute atomic E-state index is 13.0. The number of anilines is 1. The van der Waals surface area contributed by atoms with Crippen molar-refractivity contribution in [1.82, 2.24) is 14.5 Å². The molecule has 9 nitrogen and oxygen atoms in total. The molecule has 1 amide bonds. The number of ether oxygens (including phenoxy) is 1. The normalized spacial score (nSPS) is 17.0. The van der Waals surface area contributed by atoms with Gasteiger partial charge in [0.05, 0.1) is 29.8 Å². The molecule has 0 aliphatic carbocycles. The van der Waals surface area contributed by atoms with Crippen molar-refractivity contribution < 1.29 is 22.1 Å². The van der Waals surface area contributed by atoms with Crippen LogP contribution in [-0.4, -0.2) is 74.3 Å². The van der Waals surface area contributed by atoms with E-state index in [1.807, 2.05) is 37.9 Å². The highest BCUT2D eigenvalue weighted by molar-refractivity contribution is 7.86. The number of likely N-dealkylation sites (N-methyl/N-ethyl adjacent to an activating group) is 1. The van der Waals surface area contributed by atoms with E-state index >= 15 is 0 Å². The molecule has 0 bridgehead atoms. The van der Waals surface area contributed by atoms with Crippen molar-refractivity contribution in [2.45, 2.75) is 44.1 Å². The lowest BCUT2D eigenvalue weighted by atomic mass is 10.0. The van der Waals surface area contributed by atoms with Gasteiger partial charge in [-0.1, -0.05) is 17.7 Å². The number of benzene rings is 1. The molecule has 5 rings (SSSR count). The predicted molar refractivity (Wildman–Crippen MR) is 141 cm³/mol. The zero-order valence-corrected chi connectivity index (χ0v) is 22.5. The number of aryl methyl sites for hydroxylation is 2. The van der Waals surface area contributed by atoms with Gasteiger partial charge in [-0.15, -0.1) is 0 Å². The lowest BCUT2D eigenvalue weighted by Gasteiger charge is -2.32. The zero-order chi connectivity index (χ0) is 26.2. The maximum atomic E-state index is 13.0. The average Bonchev–Trinajstić information content (AvgIpc) is 3.19. The monoisotopic (exact) mass is 526 g/mol. The van der Waals surface area contributed by atoms with Gasteiger partial charge < -0.3 is 19.1 Å². The summed E-state index contributed by atoms with van der Waals surface area (Å²) in [6.45, 7) is 7.16. The van der Waals surface area contributed by atoms with Crippen LogP contribution >= 0.6 is 0 Å². The maximum Gasteiger partial charge on any atom is 0.297 e. The molecule has 2 aromatic heterocycles. The van der Waals surface area contributed by atoms with E-state index in [9.17, 15) is 13.2 Å². The summed E-state index contributed by atoms with van der Waals surface area (Å²) < 4.78 is 37.7. The molecule has 2 aliphatic rings. The summed E-state index contributed by atoms with van der Waals surface area (Å²) in [6, 6.07) is 10.6. The van der Waals surface area contributed by atoms with Crippen molar-refractivity contribution in [2.75, 3.05) is 44.3 Å². The fourth-order valence-corrected chi connectivity index (χ4v) is 6.13. The van der Waals surface area contributed by atoms with Crippen molar-refractivity contribution in [3.63, 3.8) is 0 Å². The summed E-state index contributed by atoms with van der Waals surface area (Å²) in [6.07, 6.45) is 2.52. The topological polar surface area (TPSA) is 94.0 Å². The minimum Gasteiger partial charge on any atom is -0.376 e. The van der Waals surface area contributed by atoms with Gasteiger partial charge in [0.2, 0.25) is 0 Å². The van der Waals surface area contributed by atoms with Crippen LogP contribution in [0.5, 0.6) is 0 Å². The van der Waals surface area contributed by atoms with Gasteiger partial charge in [-0.3, -0.25) is 8.98 Å². The minimum atomic E-state index is -3.78. The van der Waals surface area contributed by atoms with Crippen LogP contribution in [0, 0.1) is 6.92 Å². The molecule has 0 N–H and O–H groups in total. The molecular formula is C27H34N4O5S. The van der Waals surface area contributed by atoms with E-state index in [0.717, 1.165) is 72.6 Å². The van der Waals surface area contributed by atoms with Gasteiger partial charge in [0, 0.05) is 50.7 Å². The third-order valence-electron chi connectivity index (χ3n) is 7.39. The predicted octanol–water partition coefficient (Wildman–Crippen LogP) is 3.29. The number of hydrogen-bond acceptors (Lipinski definition) is 7. The van der Waals surface area contributed by atoms with Crippen LogP contribution in [0.25, 0.3) is 11.0 Å². The summed E-state index contributed by atoms with van der Waals surface area (Å²) in [5.74, 6) is 0.994. The highest BCUT2D eigenvalue weighted by Crippen LogP contribution is 2.31. The highest BCUT2D eigenvalue weighted by Gasteiger charge is 2.30. The van der Waals surface area contributed by atoms with E-state index in [4.69, 9.17) is 13.9 Å². The zero-order valence-electron chi connectivity index (χ0n) is 21.6. The van der Waals surface area contributed by atoms with Gasteiger partial charge in [-0.05, 0) is 51.0 Å². The van der Waals surface area contributed by atoms with E-state index in [1.165, 1.54) is 0 Å². The first kappa shape index (κ1) is 25.7. The SMILES string of the molecule is CCN1CCc2c(c3ccc(N4CCC(OCCOS(=O)(=O)c5ccc(C)cc5)CC4)nc3n2C)C1=O. The second kappa shape index (κ2) is 10.4. The van der Waals surface area contributed by atoms with Gasteiger partial charge in [0.25, 0.3) is 16.0 Å². The lowest BCUT2D eigenvalue weighted by Crippen LogP contribution is -2.38. The summed E-state index contributed by atoms with van der Waals surface area (Å²) in [7, 11) is -1.78. The molecule has 10 heteroatoms. The van der Waals surface area contributed by atoms with Crippen LogP contribution in [0.15, 0.2) is 41.3 Å². The number of rotatable bonds is 8. The van der Waals surface area contributed by atoms with E-state index in [-0.39, 0.29) is 30.1 Å². The molecule has 37 heavy (non-hydrogen) atoms. The quantitative estimate of drug-likeness (QED) is 0.328. The van der Waals surface area contributed by atoms with Crippen LogP contribution in [0.1, 0.15) is 41.4 Å². The van der Waals surface area contributed by atoms with Crippen LogP contribution in [-0.2, 0) is 32.5 Å². The van der Waals surface area contributed by atoms with Gasteiger partial charge in [0.1, 0.15) is 11.5 Å². The number of carbonyl (C=O) groups excluding carboxylic acids is 1. The molecule has 1 fully saturated rings. The van der Waals surface area contributed by atoms with Crippen LogP contribution < -0.4 is 4.90 Å². The number of fused-ring (bicyclic) bond motifs is 3. The van der Waals surface area contributed by atoms with Crippen molar-refractivity contribution in [1.29, 1.82) is 0 Å². The highest BCUT2D eigenvalue weighted by atomic mass is 32.2. The minimum absolute atomic E-state index is 0.0129. The molecule has 1 aromatic carbocycles. The van der Waals surface area contributed by atoms with Crippen molar-refractivity contribution in [3.8, 4) is 0 Å². The van der Waals surface area contributed by atoms with Gasteiger partial charge in [0.15, 0.2) is 0 Å². The average molecular weight is 527 g/mol. The van der Waals surface area contributed by atoms with Gasteiger partial charge >= 0.3 is 0 Å². The summed E-state index contributed by atoms with van der Waals surface area (Å²) in [4.78, 5) is 22.2. The number of aromatic nitrogens is 2. The smallest absolute Gasteiger partial charge is 0.297 e. The molecule has 0 unspecified atom stereocenters. The second-order valence-electron chi connectivity index (χ2n) is 9.70. The molecule has 3 aromatic rings. The molecule has 0 saturated carbocycles. The first-order valence-corrected chi connectivity index (χ1v) is 14.3. The number of piperidine rings is 1. The number of carbonyl (C=O) groups is 1. The molecule has 1 saturated heterocycles. The van der Waals surface area contributed by atoms with Gasteiger partial charge in [-0.25, -0.2) is 4.98 Å². The van der Waals surface area contributed by atoms with E-state index in [0.29, 0.717) is 6.54 Å². The van der Waals surface area contributed by atoms with Crippen LogP contribution in [0.2, 0.25) is 0 Å². The Morgan fingerprint density at radius 1 is 1.03 bits per heavy atom. The second-order valence-corrected chi connectivity index (χ2v) is 11.3. The molecule has 2 aliphatic heterocycles. The van der Waals surface area contributed by atoms with E-state index in [1.54, 1.807) is 24.3 Å². The fraction of sp³-hybridized carbons (Fsp3) is 0.481. The van der Waals surface area contributed by atoms with Crippen LogP contribution in [0.3, 0.4) is 0 Å². The third-order valence-corrected chi connectivity index (χ3v) is 8.72. The Bertz CT molecular complexity index is 1390. The Labute approximate surface area is 218 Å². The summed E-state index contributed by atoms with van der Waals surface area (Å²) in [5, 5.41) is 0.920. The van der Waals surface area contributed by atoms with Crippen molar-refractivity contribution in [3.05, 3.63) is 53.2 Å². The van der Waals surface area contributed by atoms with Crippen LogP contribution in [0.4, 0.5) is 5.82 Å². The molecule has 198 valence electrons. The van der Waals surface area contributed by atoms with Crippen molar-refractivity contribution in [2.24, 2.45) is 7.05 Å². The molecule has 0 spiro atoms. The molecule has 0 atom stereocenters. The van der Waals surface area contributed by atoms with E-state index < -0.39 is 10.1 Å². The fourth-order valence-electron chi connectivity index (χ4n) is 5.23. The first-order chi connectivity index (χ1) is 17.8. The van der Waals surface area contributed by atoms with Gasteiger partial charge in [-0.2, -0.15) is 8.42 Å². The Hall–Kier alpha value is -2.95. The molecular weight excluding hydrogens is 492 g/mol.